The number of rotatable bonds is 2. The van der Waals surface area contributed by atoms with E-state index < -0.39 is 10.0 Å². The third kappa shape index (κ3) is 2.24. The van der Waals surface area contributed by atoms with E-state index in [0.717, 1.165) is 11.3 Å². The molecule has 0 aliphatic carbocycles. The second-order valence-corrected chi connectivity index (χ2v) is 7.12. The number of aromatic nitrogens is 1. The third-order valence-corrected chi connectivity index (χ3v) is 5.65. The van der Waals surface area contributed by atoms with Crippen LogP contribution in [0, 0.1) is 6.92 Å². The van der Waals surface area contributed by atoms with Gasteiger partial charge >= 0.3 is 0 Å². The van der Waals surface area contributed by atoms with Crippen LogP contribution in [0.25, 0.3) is 0 Å². The minimum atomic E-state index is -3.56. The zero-order chi connectivity index (χ0) is 14.3. The molecule has 1 aliphatic heterocycles. The van der Waals surface area contributed by atoms with Crippen LogP contribution in [0.4, 0.5) is 0 Å². The predicted octanol–water partition coefficient (Wildman–Crippen LogP) is 2.38. The fourth-order valence-corrected chi connectivity index (χ4v) is 4.22. The number of sulfonamides is 1. The van der Waals surface area contributed by atoms with Crippen molar-refractivity contribution in [1.82, 2.24) is 9.46 Å². The Morgan fingerprint density at radius 2 is 2.20 bits per heavy atom. The van der Waals surface area contributed by atoms with E-state index >= 15 is 0 Å². The SMILES string of the molecule is Cc1ccc(Cl)cc1S(=O)(=O)N1CCc2oncc2C1. The van der Waals surface area contributed by atoms with Crippen molar-refractivity contribution in [2.24, 2.45) is 0 Å². The molecule has 5 nitrogen and oxygen atoms in total. The summed E-state index contributed by atoms with van der Waals surface area (Å²) in [7, 11) is -3.56. The zero-order valence-corrected chi connectivity index (χ0v) is 12.4. The van der Waals surface area contributed by atoms with Crippen molar-refractivity contribution in [1.29, 1.82) is 0 Å². The van der Waals surface area contributed by atoms with Crippen LogP contribution < -0.4 is 0 Å². The Morgan fingerprint density at radius 3 is 3.00 bits per heavy atom. The van der Waals surface area contributed by atoms with Crippen LogP contribution in [0.1, 0.15) is 16.9 Å². The van der Waals surface area contributed by atoms with Gasteiger partial charge in [-0.15, -0.1) is 0 Å². The molecule has 0 radical (unpaired) electrons. The summed E-state index contributed by atoms with van der Waals surface area (Å²) in [6.07, 6.45) is 2.11. The molecule has 2 aromatic rings. The number of aryl methyl sites for hydroxylation is 1. The van der Waals surface area contributed by atoms with Crippen molar-refractivity contribution in [3.63, 3.8) is 0 Å². The summed E-state index contributed by atoms with van der Waals surface area (Å²) >= 11 is 5.92. The monoisotopic (exact) mass is 312 g/mol. The van der Waals surface area contributed by atoms with Crippen molar-refractivity contribution < 1.29 is 12.9 Å². The van der Waals surface area contributed by atoms with E-state index in [9.17, 15) is 8.42 Å². The Kier molecular flexibility index (Phi) is 3.32. The second-order valence-electron chi connectivity index (χ2n) is 4.77. The van der Waals surface area contributed by atoms with Crippen LogP contribution in [0.15, 0.2) is 33.8 Å². The molecule has 0 unspecified atom stereocenters. The highest BCUT2D eigenvalue weighted by molar-refractivity contribution is 7.89. The fourth-order valence-electron chi connectivity index (χ4n) is 2.31. The average molecular weight is 313 g/mol. The summed E-state index contributed by atoms with van der Waals surface area (Å²) < 4.78 is 31.9. The van der Waals surface area contributed by atoms with Gasteiger partial charge in [-0.2, -0.15) is 4.31 Å². The van der Waals surface area contributed by atoms with Gasteiger partial charge in [0.2, 0.25) is 10.0 Å². The minimum Gasteiger partial charge on any atom is -0.361 e. The van der Waals surface area contributed by atoms with Gasteiger partial charge in [0.25, 0.3) is 0 Å². The Labute approximate surface area is 122 Å². The first-order valence-corrected chi connectivity index (χ1v) is 7.99. The van der Waals surface area contributed by atoms with Crippen LogP contribution in [-0.4, -0.2) is 24.4 Å². The van der Waals surface area contributed by atoms with Crippen LogP contribution in [0.5, 0.6) is 0 Å². The molecule has 3 rings (SSSR count). The minimum absolute atomic E-state index is 0.255. The molecule has 1 aromatic heterocycles. The second kappa shape index (κ2) is 4.87. The largest absolute Gasteiger partial charge is 0.361 e. The molecular formula is C13H13ClN2O3S. The van der Waals surface area contributed by atoms with Gasteiger partial charge < -0.3 is 4.52 Å². The Morgan fingerprint density at radius 1 is 1.40 bits per heavy atom. The van der Waals surface area contributed by atoms with Gasteiger partial charge in [0.05, 0.1) is 11.1 Å². The van der Waals surface area contributed by atoms with Gasteiger partial charge in [0, 0.05) is 30.1 Å². The molecule has 0 atom stereocenters. The molecule has 1 aliphatic rings. The first-order valence-electron chi connectivity index (χ1n) is 6.17. The van der Waals surface area contributed by atoms with E-state index in [-0.39, 0.29) is 11.4 Å². The smallest absolute Gasteiger partial charge is 0.243 e. The van der Waals surface area contributed by atoms with Crippen molar-refractivity contribution >= 4 is 21.6 Å². The number of hydrogen-bond acceptors (Lipinski definition) is 4. The van der Waals surface area contributed by atoms with E-state index in [4.69, 9.17) is 16.1 Å². The molecule has 0 fully saturated rings. The molecule has 2 heterocycles. The Bertz CT molecular complexity index is 755. The first kappa shape index (κ1) is 13.6. The van der Waals surface area contributed by atoms with Crippen molar-refractivity contribution in [2.45, 2.75) is 24.8 Å². The molecule has 0 amide bonds. The quantitative estimate of drug-likeness (QED) is 0.854. The molecule has 106 valence electrons. The number of fused-ring (bicyclic) bond motifs is 1. The lowest BCUT2D eigenvalue weighted by Crippen LogP contribution is -2.35. The number of nitrogens with zero attached hydrogens (tertiary/aromatic N) is 2. The molecule has 0 N–H and O–H groups in total. The van der Waals surface area contributed by atoms with Crippen molar-refractivity contribution in [2.75, 3.05) is 6.54 Å². The van der Waals surface area contributed by atoms with Gasteiger partial charge in [-0.25, -0.2) is 8.42 Å². The molecule has 0 spiro atoms. The normalized spacial score (nSPS) is 16.1. The Balaban J connectivity index is 1.99. The molecule has 0 bridgehead atoms. The van der Waals surface area contributed by atoms with Crippen LogP contribution in [-0.2, 0) is 23.0 Å². The van der Waals surface area contributed by atoms with E-state index in [1.807, 2.05) is 0 Å². The predicted molar refractivity (Wildman–Crippen MR) is 74.0 cm³/mol. The lowest BCUT2D eigenvalue weighted by Gasteiger charge is -2.25. The summed E-state index contributed by atoms with van der Waals surface area (Å²) in [5.41, 5.74) is 1.50. The van der Waals surface area contributed by atoms with Gasteiger partial charge in [0.15, 0.2) is 0 Å². The topological polar surface area (TPSA) is 63.4 Å². The third-order valence-electron chi connectivity index (χ3n) is 3.43. The van der Waals surface area contributed by atoms with Crippen molar-refractivity contribution in [3.8, 4) is 0 Å². The highest BCUT2D eigenvalue weighted by Gasteiger charge is 2.31. The van der Waals surface area contributed by atoms with Gasteiger partial charge in [-0.1, -0.05) is 22.8 Å². The molecule has 0 saturated heterocycles. The first-order chi connectivity index (χ1) is 9.48. The summed E-state index contributed by atoms with van der Waals surface area (Å²) in [6.45, 7) is 2.43. The van der Waals surface area contributed by atoms with Crippen LogP contribution in [0.2, 0.25) is 5.02 Å². The molecule has 7 heteroatoms. The van der Waals surface area contributed by atoms with Gasteiger partial charge in [0.1, 0.15) is 5.76 Å². The van der Waals surface area contributed by atoms with Gasteiger partial charge in [-0.05, 0) is 24.6 Å². The van der Waals surface area contributed by atoms with E-state index in [1.54, 1.807) is 25.3 Å². The molecule has 0 saturated carbocycles. The van der Waals surface area contributed by atoms with E-state index in [2.05, 4.69) is 5.16 Å². The fraction of sp³-hybridized carbons (Fsp3) is 0.308. The lowest BCUT2D eigenvalue weighted by molar-refractivity contribution is 0.331. The summed E-state index contributed by atoms with van der Waals surface area (Å²) in [5, 5.41) is 4.12. The summed E-state index contributed by atoms with van der Waals surface area (Å²) in [6, 6.07) is 4.89. The summed E-state index contributed by atoms with van der Waals surface area (Å²) in [4.78, 5) is 0.255. The van der Waals surface area contributed by atoms with Crippen LogP contribution >= 0.6 is 11.6 Å². The molecular weight excluding hydrogens is 300 g/mol. The maximum absolute atomic E-state index is 12.7. The standard InChI is InChI=1S/C13H13ClN2O3S/c1-9-2-3-11(14)6-13(9)20(17,18)16-5-4-12-10(8-16)7-15-19-12/h2-3,6-7H,4-5,8H2,1H3. The molecule has 1 aromatic carbocycles. The lowest BCUT2D eigenvalue weighted by atomic mass is 10.1. The molecule has 20 heavy (non-hydrogen) atoms. The maximum Gasteiger partial charge on any atom is 0.243 e. The van der Waals surface area contributed by atoms with Crippen LogP contribution in [0.3, 0.4) is 0 Å². The van der Waals surface area contributed by atoms with Crippen molar-refractivity contribution in [3.05, 3.63) is 46.3 Å². The van der Waals surface area contributed by atoms with E-state index in [0.29, 0.717) is 23.6 Å². The van der Waals surface area contributed by atoms with E-state index in [1.165, 1.54) is 10.4 Å². The highest BCUT2D eigenvalue weighted by Crippen LogP contribution is 2.28. The Hall–Kier alpha value is -1.37. The summed E-state index contributed by atoms with van der Waals surface area (Å²) in [5.74, 6) is 0.763. The number of hydrogen-bond donors (Lipinski definition) is 0. The highest BCUT2D eigenvalue weighted by atomic mass is 35.5. The zero-order valence-electron chi connectivity index (χ0n) is 10.8. The van der Waals surface area contributed by atoms with Gasteiger partial charge in [-0.3, -0.25) is 0 Å². The number of benzene rings is 1. The average Bonchev–Trinajstić information content (AvgIpc) is 2.88. The maximum atomic E-state index is 12.7. The number of halogens is 1.